The van der Waals surface area contributed by atoms with Crippen LogP contribution >= 0.6 is 0 Å². The monoisotopic (exact) mass is 1580 g/mol. The molecule has 2 saturated heterocycles. The molecule has 2 atom stereocenters. The van der Waals surface area contributed by atoms with Crippen molar-refractivity contribution in [2.75, 3.05) is 39.4 Å². The van der Waals surface area contributed by atoms with Crippen LogP contribution in [0.4, 0.5) is 22.7 Å². The molecule has 22 heteroatoms. The number of rotatable bonds is 25. The molecular formula is C97H68N4O18. The van der Waals surface area contributed by atoms with Crippen LogP contribution in [0.1, 0.15) is 133 Å². The van der Waals surface area contributed by atoms with Crippen LogP contribution in [-0.2, 0) is 20.3 Å². The Kier molecular flexibility index (Phi) is 18.3. The van der Waals surface area contributed by atoms with Gasteiger partial charge in [0.15, 0.2) is 0 Å². The number of benzene rings is 13. The maximum Gasteiger partial charge on any atom is 0.266 e. The van der Waals surface area contributed by atoms with Crippen LogP contribution in [0, 0.1) is 0 Å². The van der Waals surface area contributed by atoms with Crippen LogP contribution < -0.4 is 57.5 Å². The van der Waals surface area contributed by atoms with E-state index in [9.17, 15) is 38.4 Å². The molecule has 6 heterocycles. The molecule has 2 unspecified atom stereocenters. The SMILES string of the molecule is CC(C)(c1ccc(Oc2ccc3c(c2)C(=O)N(c2ccc(OCC4CO4)cc2)C3=O)cc1)c1ccc(Oc2ccc3c(c2)C(=O)N(c2ccc(Oc4cccc(Oc5ccc(N6C(=O)c7ccc(Oc8ccc(C(C)(C)c9ccc(Oc%10ccc%11c(c%10)C(=O)N(c%10ccc(OC%12CO%12)cc%10)C%11=O)cc9)cc8)cc7C6=O)cc5)c4)cc2)C3=O)cc1. The van der Waals surface area contributed by atoms with Gasteiger partial charge in [-0.05, 0) is 253 Å². The maximum atomic E-state index is 14.0. The molecule has 6 aliphatic heterocycles. The first-order valence-electron chi connectivity index (χ1n) is 38.3. The number of amides is 8. The van der Waals surface area contributed by atoms with Crippen LogP contribution in [-0.4, -0.2) is 79.5 Å². The minimum atomic E-state index is -0.509. The molecule has 6 aliphatic rings. The quantitative estimate of drug-likeness (QED) is 0.0381. The van der Waals surface area contributed by atoms with Gasteiger partial charge >= 0.3 is 0 Å². The number of ether oxygens (including phenoxy) is 10. The van der Waals surface area contributed by atoms with Crippen molar-refractivity contribution in [3.63, 3.8) is 0 Å². The number of hydrogen-bond donors (Lipinski definition) is 0. The van der Waals surface area contributed by atoms with E-state index in [-0.39, 0.29) is 51.3 Å². The largest absolute Gasteiger partial charge is 0.491 e. The summed E-state index contributed by atoms with van der Waals surface area (Å²) >= 11 is 0. The molecule has 2 fully saturated rings. The lowest BCUT2D eigenvalue weighted by molar-refractivity contribution is 0.0910. The normalized spacial score (nSPS) is 15.7. The summed E-state index contributed by atoms with van der Waals surface area (Å²) in [6.45, 7) is 10.1. The lowest BCUT2D eigenvalue weighted by Crippen LogP contribution is -2.29. The van der Waals surface area contributed by atoms with Crippen molar-refractivity contribution in [2.24, 2.45) is 0 Å². The molecule has 0 bridgehead atoms. The van der Waals surface area contributed by atoms with Crippen LogP contribution in [0.5, 0.6) is 80.5 Å². The topological polar surface area (TPSA) is 248 Å². The van der Waals surface area contributed by atoms with Crippen molar-refractivity contribution in [2.45, 2.75) is 50.9 Å². The fourth-order valence-corrected chi connectivity index (χ4v) is 14.9. The third-order valence-corrected chi connectivity index (χ3v) is 21.7. The smallest absolute Gasteiger partial charge is 0.266 e. The Morgan fingerprint density at radius 3 is 0.748 bits per heavy atom. The van der Waals surface area contributed by atoms with Crippen molar-refractivity contribution in [3.8, 4) is 80.5 Å². The highest BCUT2D eigenvalue weighted by Crippen LogP contribution is 2.43. The summed E-state index contributed by atoms with van der Waals surface area (Å²) < 4.78 is 59.0. The van der Waals surface area contributed by atoms with E-state index in [1.807, 2.05) is 97.1 Å². The second kappa shape index (κ2) is 29.5. The highest BCUT2D eigenvalue weighted by molar-refractivity contribution is 6.37. The molecule has 0 aliphatic carbocycles. The van der Waals surface area contributed by atoms with Gasteiger partial charge in [-0.25, -0.2) is 19.6 Å². The summed E-state index contributed by atoms with van der Waals surface area (Å²) in [7, 11) is 0. The average molecular weight is 1580 g/mol. The fraction of sp³-hybridized carbons (Fsp3) is 0.113. The Morgan fingerprint density at radius 1 is 0.261 bits per heavy atom. The van der Waals surface area contributed by atoms with Crippen LogP contribution in [0.15, 0.2) is 291 Å². The summed E-state index contributed by atoms with van der Waals surface area (Å²) in [4.78, 5) is 114. The first kappa shape index (κ1) is 73.9. The van der Waals surface area contributed by atoms with Gasteiger partial charge in [-0.15, -0.1) is 0 Å². The molecule has 19 rings (SSSR count). The molecule has 0 saturated carbocycles. The number of imide groups is 4. The van der Waals surface area contributed by atoms with Crippen molar-refractivity contribution >= 4 is 70.0 Å². The van der Waals surface area contributed by atoms with E-state index >= 15 is 0 Å². The summed E-state index contributed by atoms with van der Waals surface area (Å²) in [5, 5.41) is 0. The molecule has 13 aromatic rings. The lowest BCUT2D eigenvalue weighted by atomic mass is 9.78. The Balaban J connectivity index is 0.432. The molecular weight excluding hydrogens is 1510 g/mol. The third kappa shape index (κ3) is 14.3. The molecule has 0 N–H and O–H groups in total. The molecule has 0 radical (unpaired) electrons. The maximum absolute atomic E-state index is 14.0. The van der Waals surface area contributed by atoms with E-state index < -0.39 is 58.1 Å². The number of carbonyl (C=O) groups is 8. The van der Waals surface area contributed by atoms with E-state index in [0.29, 0.717) is 129 Å². The summed E-state index contributed by atoms with van der Waals surface area (Å²) in [6, 6.07) is 83.5. The van der Waals surface area contributed by atoms with Crippen LogP contribution in [0.25, 0.3) is 0 Å². The second-order valence-electron chi connectivity index (χ2n) is 30.2. The highest BCUT2D eigenvalue weighted by atomic mass is 16.8. The number of anilines is 4. The molecule has 13 aromatic carbocycles. The predicted molar refractivity (Wildman–Crippen MR) is 439 cm³/mol. The number of fused-ring (bicyclic) bond motifs is 4. The van der Waals surface area contributed by atoms with Crippen molar-refractivity contribution in [3.05, 3.63) is 358 Å². The molecule has 584 valence electrons. The van der Waals surface area contributed by atoms with E-state index in [1.54, 1.807) is 194 Å². The zero-order valence-electron chi connectivity index (χ0n) is 64.1. The second-order valence-corrected chi connectivity index (χ2v) is 30.2. The number of carbonyl (C=O) groups excluding carboxylic acids is 8. The Hall–Kier alpha value is -15.3. The minimum Gasteiger partial charge on any atom is -0.491 e. The average Bonchev–Trinajstić information content (AvgIpc) is 1.58. The Labute approximate surface area is 680 Å². The van der Waals surface area contributed by atoms with Gasteiger partial charge < -0.3 is 47.4 Å². The number of epoxide rings is 2. The van der Waals surface area contributed by atoms with Gasteiger partial charge in [0.25, 0.3) is 47.3 Å². The van der Waals surface area contributed by atoms with Crippen molar-refractivity contribution in [1.29, 1.82) is 0 Å². The highest BCUT2D eigenvalue weighted by Gasteiger charge is 2.42. The third-order valence-electron chi connectivity index (χ3n) is 21.7. The van der Waals surface area contributed by atoms with Gasteiger partial charge in [-0.1, -0.05) is 82.3 Å². The summed E-state index contributed by atoms with van der Waals surface area (Å²) in [5.41, 5.74) is 6.57. The van der Waals surface area contributed by atoms with E-state index in [1.165, 1.54) is 0 Å². The zero-order chi connectivity index (χ0) is 81.5. The molecule has 8 amide bonds. The van der Waals surface area contributed by atoms with Crippen LogP contribution in [0.3, 0.4) is 0 Å². The Morgan fingerprint density at radius 2 is 0.487 bits per heavy atom. The van der Waals surface area contributed by atoms with Gasteiger partial charge in [0.1, 0.15) is 99.8 Å². The summed E-state index contributed by atoms with van der Waals surface area (Å²) in [6.07, 6.45) is -0.171. The first-order valence-corrected chi connectivity index (χ1v) is 38.3. The van der Waals surface area contributed by atoms with Crippen molar-refractivity contribution < 1.29 is 85.7 Å². The first-order chi connectivity index (χ1) is 57.7. The zero-order valence-corrected chi connectivity index (χ0v) is 64.1. The standard InChI is InChI=1S/C97H68N4O18/c1-96(2,56-8-24-65(25-9-56)115-74-40-44-79-83(49-74)92(106)98(88(79)102)60-16-32-64(33-17-60)110-53-78-54-111-78)57-10-26-66(27-11-57)116-75-41-45-80-84(50-75)93(107)99(89(80)103)61-18-34-69(35-19-61)113-72-6-5-7-73(48-72)114-70-36-20-62(21-37-70)100-90(104)81-46-42-76(51-85(81)94(100)108)117-67-28-12-58(13-29-67)97(3,4)59-14-30-68(31-15-59)118-77-43-47-82-86(52-77)95(109)101(91(82)105)63-22-38-71(39-23-63)119-87-55-112-87/h5-52,78,87H,53-55H2,1-4H3. The predicted octanol–water partition coefficient (Wildman–Crippen LogP) is 19.8. The molecule has 22 nitrogen and oxygen atoms in total. The molecule has 0 spiro atoms. The summed E-state index contributed by atoms with van der Waals surface area (Å²) in [5.74, 6) is 2.88. The lowest BCUT2D eigenvalue weighted by Gasteiger charge is -2.26. The van der Waals surface area contributed by atoms with E-state index in [2.05, 4.69) is 27.7 Å². The number of hydrogen-bond acceptors (Lipinski definition) is 18. The minimum absolute atomic E-state index is 0.0999. The number of nitrogens with zero attached hydrogens (tertiary/aromatic N) is 4. The van der Waals surface area contributed by atoms with Gasteiger partial charge in [-0.3, -0.25) is 38.4 Å². The van der Waals surface area contributed by atoms with Gasteiger partial charge in [0.05, 0.1) is 73.9 Å². The molecule has 0 aromatic heterocycles. The Bertz CT molecular complexity index is 6280. The fourth-order valence-electron chi connectivity index (χ4n) is 14.9. The van der Waals surface area contributed by atoms with Crippen LogP contribution in [0.2, 0.25) is 0 Å². The molecule has 119 heavy (non-hydrogen) atoms. The van der Waals surface area contributed by atoms with E-state index in [0.717, 1.165) is 41.9 Å². The van der Waals surface area contributed by atoms with Gasteiger partial charge in [-0.2, -0.15) is 0 Å². The van der Waals surface area contributed by atoms with Gasteiger partial charge in [0, 0.05) is 16.9 Å². The van der Waals surface area contributed by atoms with Crippen molar-refractivity contribution in [1.82, 2.24) is 0 Å². The van der Waals surface area contributed by atoms with Gasteiger partial charge in [0.2, 0.25) is 6.29 Å². The van der Waals surface area contributed by atoms with E-state index in [4.69, 9.17) is 47.4 Å².